The van der Waals surface area contributed by atoms with Crippen molar-refractivity contribution in [2.45, 2.75) is 26.4 Å². The van der Waals surface area contributed by atoms with Crippen LogP contribution in [0.15, 0.2) is 29.1 Å². The number of nitriles is 1. The second-order valence-corrected chi connectivity index (χ2v) is 5.95. The number of hydrogen-bond donors (Lipinski definition) is 1. The van der Waals surface area contributed by atoms with Gasteiger partial charge in [0.15, 0.2) is 0 Å². The summed E-state index contributed by atoms with van der Waals surface area (Å²) >= 11 is 0. The van der Waals surface area contributed by atoms with E-state index in [1.165, 1.54) is 18.9 Å². The first kappa shape index (κ1) is 15.4. The van der Waals surface area contributed by atoms with Crippen LogP contribution in [0.25, 0.3) is 11.1 Å². The van der Waals surface area contributed by atoms with E-state index in [0.29, 0.717) is 34.9 Å². The fourth-order valence-corrected chi connectivity index (χ4v) is 2.48. The molecule has 0 atom stereocenters. The largest absolute Gasteiger partial charge is 0.376 e. The predicted octanol–water partition coefficient (Wildman–Crippen LogP) is 3.29. The molecule has 0 aliphatic heterocycles. The molecule has 118 valence electrons. The van der Waals surface area contributed by atoms with Gasteiger partial charge in [-0.15, -0.1) is 0 Å². The summed E-state index contributed by atoms with van der Waals surface area (Å²) in [4.78, 5) is 14.4. The monoisotopic (exact) mass is 312 g/mol. The van der Waals surface area contributed by atoms with Crippen molar-refractivity contribution in [3.8, 4) is 17.2 Å². The molecule has 1 aliphatic carbocycles. The summed E-state index contributed by atoms with van der Waals surface area (Å²) < 4.78 is 19.8. The highest BCUT2D eigenvalue weighted by Gasteiger charge is 2.21. The molecule has 5 heteroatoms. The fourth-order valence-electron chi connectivity index (χ4n) is 2.48. The Kier molecular flexibility index (Phi) is 4.26. The Labute approximate surface area is 133 Å². The molecule has 4 nitrogen and oxygen atoms in total. The molecule has 0 radical (unpaired) electrons. The average molecular weight is 312 g/mol. The van der Waals surface area contributed by atoms with Crippen molar-refractivity contribution in [1.29, 1.82) is 5.26 Å². The highest BCUT2D eigenvalue weighted by molar-refractivity contribution is 5.70. The molecule has 23 heavy (non-hydrogen) atoms. The lowest BCUT2D eigenvalue weighted by Crippen LogP contribution is -2.12. The number of aryl methyl sites for hydroxylation is 1. The van der Waals surface area contributed by atoms with Gasteiger partial charge in [0.05, 0.1) is 6.61 Å². The molecule has 1 fully saturated rings. The molecule has 1 aromatic heterocycles. The Morgan fingerprint density at radius 1 is 1.39 bits per heavy atom. The van der Waals surface area contributed by atoms with Crippen molar-refractivity contribution in [2.24, 2.45) is 5.92 Å². The van der Waals surface area contributed by atoms with Crippen LogP contribution in [0.1, 0.15) is 29.7 Å². The fraction of sp³-hybridized carbons (Fsp3) is 0.333. The van der Waals surface area contributed by atoms with E-state index in [0.717, 1.165) is 0 Å². The minimum atomic E-state index is -0.459. The SMILES string of the molecule is Cc1cc(-c2ccc(COCC3CC3)c(F)c2)c(C#N)c(=O)[nH]1. The van der Waals surface area contributed by atoms with Crippen LogP contribution in [0.4, 0.5) is 4.39 Å². The molecular weight excluding hydrogens is 295 g/mol. The Morgan fingerprint density at radius 2 is 2.17 bits per heavy atom. The van der Waals surface area contributed by atoms with Gasteiger partial charge in [-0.1, -0.05) is 12.1 Å². The van der Waals surface area contributed by atoms with Crippen LogP contribution >= 0.6 is 0 Å². The lowest BCUT2D eigenvalue weighted by Gasteiger charge is -2.09. The first-order valence-electron chi connectivity index (χ1n) is 7.59. The van der Waals surface area contributed by atoms with Gasteiger partial charge in [0, 0.05) is 23.4 Å². The molecule has 1 saturated carbocycles. The van der Waals surface area contributed by atoms with E-state index in [2.05, 4.69) is 4.98 Å². The van der Waals surface area contributed by atoms with Crippen molar-refractivity contribution in [3.63, 3.8) is 0 Å². The Hall–Kier alpha value is -2.45. The van der Waals surface area contributed by atoms with E-state index < -0.39 is 5.56 Å². The van der Waals surface area contributed by atoms with Gasteiger partial charge >= 0.3 is 0 Å². The van der Waals surface area contributed by atoms with Gasteiger partial charge in [-0.05, 0) is 43.4 Å². The zero-order valence-electron chi connectivity index (χ0n) is 12.9. The molecule has 0 spiro atoms. The van der Waals surface area contributed by atoms with E-state index in [1.54, 1.807) is 25.1 Å². The first-order valence-corrected chi connectivity index (χ1v) is 7.59. The molecular formula is C18H17FN2O2. The smallest absolute Gasteiger partial charge is 0.266 e. The summed E-state index contributed by atoms with van der Waals surface area (Å²) in [6.45, 7) is 2.64. The Balaban J connectivity index is 1.88. The average Bonchev–Trinajstić information content (AvgIpc) is 3.32. The number of halogens is 1. The molecule has 3 rings (SSSR count). The minimum Gasteiger partial charge on any atom is -0.376 e. The summed E-state index contributed by atoms with van der Waals surface area (Å²) in [5, 5.41) is 9.17. The molecule has 0 amide bonds. The number of nitrogens with zero attached hydrogens (tertiary/aromatic N) is 1. The number of aromatic nitrogens is 1. The van der Waals surface area contributed by atoms with Crippen LogP contribution in [0.2, 0.25) is 0 Å². The van der Waals surface area contributed by atoms with E-state index >= 15 is 0 Å². The molecule has 2 aromatic rings. The second kappa shape index (κ2) is 6.35. The molecule has 1 N–H and O–H groups in total. The second-order valence-electron chi connectivity index (χ2n) is 5.95. The molecule has 1 heterocycles. The lowest BCUT2D eigenvalue weighted by molar-refractivity contribution is 0.109. The van der Waals surface area contributed by atoms with Crippen molar-refractivity contribution >= 4 is 0 Å². The quantitative estimate of drug-likeness (QED) is 0.921. The normalized spacial score (nSPS) is 13.8. The van der Waals surface area contributed by atoms with Gasteiger partial charge in [-0.3, -0.25) is 4.79 Å². The lowest BCUT2D eigenvalue weighted by atomic mass is 9.99. The van der Waals surface area contributed by atoms with Crippen molar-refractivity contribution in [3.05, 3.63) is 57.3 Å². The minimum absolute atomic E-state index is 0.00673. The summed E-state index contributed by atoms with van der Waals surface area (Å²) in [7, 11) is 0. The Morgan fingerprint density at radius 3 is 2.83 bits per heavy atom. The van der Waals surface area contributed by atoms with Crippen LogP contribution in [-0.2, 0) is 11.3 Å². The van der Waals surface area contributed by atoms with Crippen molar-refractivity contribution < 1.29 is 9.13 Å². The number of hydrogen-bond acceptors (Lipinski definition) is 3. The van der Waals surface area contributed by atoms with E-state index in [1.807, 2.05) is 6.07 Å². The van der Waals surface area contributed by atoms with Gasteiger partial charge < -0.3 is 9.72 Å². The summed E-state index contributed by atoms with van der Waals surface area (Å²) in [5.41, 5.74) is 1.60. The number of aromatic amines is 1. The van der Waals surface area contributed by atoms with Crippen LogP contribution < -0.4 is 5.56 Å². The standard InChI is InChI=1S/C18H17FN2O2/c1-11-6-15(16(8-20)18(22)21-11)13-4-5-14(17(19)7-13)10-23-9-12-2-3-12/h4-7,12H,2-3,9-10H2,1H3,(H,21,22). The number of ether oxygens (including phenoxy) is 1. The maximum absolute atomic E-state index is 14.3. The van der Waals surface area contributed by atoms with Crippen LogP contribution in [0, 0.1) is 30.0 Å². The zero-order chi connectivity index (χ0) is 16.4. The zero-order valence-corrected chi connectivity index (χ0v) is 12.9. The highest BCUT2D eigenvalue weighted by atomic mass is 19.1. The van der Waals surface area contributed by atoms with Gasteiger partial charge in [-0.25, -0.2) is 4.39 Å². The van der Waals surface area contributed by atoms with Crippen LogP contribution in [-0.4, -0.2) is 11.6 Å². The topological polar surface area (TPSA) is 65.9 Å². The van der Waals surface area contributed by atoms with Gasteiger partial charge in [-0.2, -0.15) is 5.26 Å². The molecule has 1 aromatic carbocycles. The third-order valence-corrected chi connectivity index (χ3v) is 3.95. The number of H-pyrrole nitrogens is 1. The number of rotatable bonds is 5. The summed E-state index contributed by atoms with van der Waals surface area (Å²) in [6.07, 6.45) is 2.39. The number of benzene rings is 1. The van der Waals surface area contributed by atoms with Crippen LogP contribution in [0.3, 0.4) is 0 Å². The van der Waals surface area contributed by atoms with Gasteiger partial charge in [0.2, 0.25) is 0 Å². The van der Waals surface area contributed by atoms with E-state index in [4.69, 9.17) is 10.00 Å². The van der Waals surface area contributed by atoms with E-state index in [-0.39, 0.29) is 18.0 Å². The molecule has 0 bridgehead atoms. The predicted molar refractivity (Wildman–Crippen MR) is 84.3 cm³/mol. The van der Waals surface area contributed by atoms with Crippen molar-refractivity contribution in [2.75, 3.05) is 6.61 Å². The third kappa shape index (κ3) is 3.49. The number of pyridine rings is 1. The van der Waals surface area contributed by atoms with E-state index in [9.17, 15) is 9.18 Å². The molecule has 0 saturated heterocycles. The Bertz CT molecular complexity index is 832. The number of nitrogens with one attached hydrogen (secondary N) is 1. The van der Waals surface area contributed by atoms with Gasteiger partial charge in [0.25, 0.3) is 5.56 Å². The third-order valence-electron chi connectivity index (χ3n) is 3.95. The molecule has 0 unspecified atom stereocenters. The maximum Gasteiger partial charge on any atom is 0.266 e. The summed E-state index contributed by atoms with van der Waals surface area (Å²) in [5.74, 6) is 0.245. The van der Waals surface area contributed by atoms with Gasteiger partial charge in [0.1, 0.15) is 17.4 Å². The maximum atomic E-state index is 14.3. The summed E-state index contributed by atoms with van der Waals surface area (Å²) in [6, 6.07) is 8.28. The first-order chi connectivity index (χ1) is 11.1. The highest BCUT2D eigenvalue weighted by Crippen LogP contribution is 2.29. The van der Waals surface area contributed by atoms with Crippen LogP contribution in [0.5, 0.6) is 0 Å². The van der Waals surface area contributed by atoms with Crippen molar-refractivity contribution in [1.82, 2.24) is 4.98 Å². The molecule has 1 aliphatic rings.